The van der Waals surface area contributed by atoms with Gasteiger partial charge in [-0.1, -0.05) is 6.92 Å². The third-order valence-electron chi connectivity index (χ3n) is 2.95. The van der Waals surface area contributed by atoms with E-state index in [1.54, 1.807) is 6.26 Å². The average molecular weight is 233 g/mol. The van der Waals surface area contributed by atoms with Gasteiger partial charge in [-0.2, -0.15) is 5.10 Å². The van der Waals surface area contributed by atoms with Gasteiger partial charge < -0.3 is 9.73 Å². The van der Waals surface area contributed by atoms with Crippen molar-refractivity contribution in [3.63, 3.8) is 0 Å². The summed E-state index contributed by atoms with van der Waals surface area (Å²) in [6.45, 7) is 5.92. The Bertz CT molecular complexity index is 433. The number of nitrogens with one attached hydrogen (secondary N) is 1. The standard InChI is InChI=1S/C13H19N3O/c1-3-11(2)16-12(6-7-15-16)9-14-10-13-5-4-8-17-13/h4-8,11,14H,3,9-10H2,1-2H3/t11-/m0/s1. The number of aromatic nitrogens is 2. The topological polar surface area (TPSA) is 43.0 Å². The summed E-state index contributed by atoms with van der Waals surface area (Å²) >= 11 is 0. The fraction of sp³-hybridized carbons (Fsp3) is 0.462. The van der Waals surface area contributed by atoms with Crippen LogP contribution in [0.2, 0.25) is 0 Å². The van der Waals surface area contributed by atoms with Gasteiger partial charge in [0.15, 0.2) is 0 Å². The van der Waals surface area contributed by atoms with Crippen LogP contribution in [0, 0.1) is 0 Å². The molecule has 0 bridgehead atoms. The van der Waals surface area contributed by atoms with Crippen LogP contribution in [0.5, 0.6) is 0 Å². The predicted octanol–water partition coefficient (Wildman–Crippen LogP) is 2.74. The van der Waals surface area contributed by atoms with Gasteiger partial charge in [-0.25, -0.2) is 0 Å². The molecule has 4 heteroatoms. The lowest BCUT2D eigenvalue weighted by Crippen LogP contribution is -2.17. The van der Waals surface area contributed by atoms with E-state index in [2.05, 4.69) is 35.0 Å². The van der Waals surface area contributed by atoms with Crippen molar-refractivity contribution in [2.24, 2.45) is 0 Å². The summed E-state index contributed by atoms with van der Waals surface area (Å²) in [5.41, 5.74) is 1.21. The molecule has 0 radical (unpaired) electrons. The van der Waals surface area contributed by atoms with Gasteiger partial charge in [0, 0.05) is 18.8 Å². The molecule has 2 aromatic heterocycles. The van der Waals surface area contributed by atoms with E-state index in [1.807, 2.05) is 18.3 Å². The van der Waals surface area contributed by atoms with Crippen molar-refractivity contribution in [2.75, 3.05) is 0 Å². The van der Waals surface area contributed by atoms with Crippen molar-refractivity contribution >= 4 is 0 Å². The Morgan fingerprint density at radius 3 is 3.00 bits per heavy atom. The molecule has 0 saturated heterocycles. The Balaban J connectivity index is 1.88. The van der Waals surface area contributed by atoms with Gasteiger partial charge in [-0.15, -0.1) is 0 Å². The Morgan fingerprint density at radius 2 is 2.29 bits per heavy atom. The lowest BCUT2D eigenvalue weighted by Gasteiger charge is -2.13. The second-order valence-electron chi connectivity index (χ2n) is 4.21. The Labute approximate surface area is 102 Å². The molecule has 2 aromatic rings. The molecule has 2 heterocycles. The van der Waals surface area contributed by atoms with E-state index in [1.165, 1.54) is 5.69 Å². The molecular weight excluding hydrogens is 214 g/mol. The van der Waals surface area contributed by atoms with E-state index in [9.17, 15) is 0 Å². The monoisotopic (exact) mass is 233 g/mol. The molecule has 0 aliphatic rings. The summed E-state index contributed by atoms with van der Waals surface area (Å²) in [5.74, 6) is 0.958. The largest absolute Gasteiger partial charge is 0.468 e. The minimum atomic E-state index is 0.449. The summed E-state index contributed by atoms with van der Waals surface area (Å²) in [6, 6.07) is 6.38. The van der Waals surface area contributed by atoms with Crippen molar-refractivity contribution in [1.29, 1.82) is 0 Å². The van der Waals surface area contributed by atoms with Crippen LogP contribution in [0.15, 0.2) is 35.1 Å². The number of nitrogens with zero attached hydrogens (tertiary/aromatic N) is 2. The zero-order valence-electron chi connectivity index (χ0n) is 10.4. The Morgan fingerprint density at radius 1 is 1.41 bits per heavy atom. The molecular formula is C13H19N3O. The van der Waals surface area contributed by atoms with Gasteiger partial charge in [-0.05, 0) is 31.5 Å². The maximum absolute atomic E-state index is 5.27. The maximum atomic E-state index is 5.27. The van der Waals surface area contributed by atoms with E-state index < -0.39 is 0 Å². The predicted molar refractivity (Wildman–Crippen MR) is 66.5 cm³/mol. The quantitative estimate of drug-likeness (QED) is 0.834. The highest BCUT2D eigenvalue weighted by atomic mass is 16.3. The number of rotatable bonds is 6. The van der Waals surface area contributed by atoms with E-state index in [-0.39, 0.29) is 0 Å². The molecule has 0 aliphatic carbocycles. The minimum Gasteiger partial charge on any atom is -0.468 e. The molecule has 17 heavy (non-hydrogen) atoms. The molecule has 1 atom stereocenters. The van der Waals surface area contributed by atoms with Crippen LogP contribution in [0.4, 0.5) is 0 Å². The van der Waals surface area contributed by atoms with Crippen molar-refractivity contribution in [3.05, 3.63) is 42.1 Å². The first-order valence-electron chi connectivity index (χ1n) is 6.06. The molecule has 0 saturated carbocycles. The molecule has 0 aromatic carbocycles. The zero-order chi connectivity index (χ0) is 12.1. The van der Waals surface area contributed by atoms with E-state index in [0.717, 1.165) is 25.3 Å². The maximum Gasteiger partial charge on any atom is 0.117 e. The molecule has 0 amide bonds. The lowest BCUT2D eigenvalue weighted by molar-refractivity contribution is 0.441. The normalized spacial score (nSPS) is 12.8. The highest BCUT2D eigenvalue weighted by Gasteiger charge is 2.07. The third kappa shape index (κ3) is 2.97. The molecule has 0 aliphatic heterocycles. The Hall–Kier alpha value is -1.55. The molecule has 4 nitrogen and oxygen atoms in total. The highest BCUT2D eigenvalue weighted by Crippen LogP contribution is 2.12. The van der Waals surface area contributed by atoms with Crippen molar-refractivity contribution in [1.82, 2.24) is 15.1 Å². The van der Waals surface area contributed by atoms with E-state index in [4.69, 9.17) is 4.42 Å². The fourth-order valence-electron chi connectivity index (χ4n) is 1.78. The van der Waals surface area contributed by atoms with Crippen LogP contribution >= 0.6 is 0 Å². The van der Waals surface area contributed by atoms with Crippen LogP contribution < -0.4 is 5.32 Å². The SMILES string of the molecule is CC[C@H](C)n1nccc1CNCc1ccco1. The van der Waals surface area contributed by atoms with Crippen molar-refractivity contribution in [2.45, 2.75) is 39.4 Å². The summed E-state index contributed by atoms with van der Waals surface area (Å²) < 4.78 is 7.35. The molecule has 0 spiro atoms. The average Bonchev–Trinajstić information content (AvgIpc) is 2.99. The van der Waals surface area contributed by atoms with Crippen LogP contribution in [-0.2, 0) is 13.1 Å². The smallest absolute Gasteiger partial charge is 0.117 e. The highest BCUT2D eigenvalue weighted by molar-refractivity contribution is 5.02. The number of hydrogen-bond acceptors (Lipinski definition) is 3. The molecule has 0 fully saturated rings. The summed E-state index contributed by atoms with van der Waals surface area (Å²) in [6.07, 6.45) is 4.64. The van der Waals surface area contributed by atoms with Gasteiger partial charge >= 0.3 is 0 Å². The van der Waals surface area contributed by atoms with Crippen LogP contribution in [0.25, 0.3) is 0 Å². The van der Waals surface area contributed by atoms with Gasteiger partial charge in [0.25, 0.3) is 0 Å². The van der Waals surface area contributed by atoms with E-state index >= 15 is 0 Å². The van der Waals surface area contributed by atoms with Crippen molar-refractivity contribution in [3.8, 4) is 0 Å². The van der Waals surface area contributed by atoms with Gasteiger partial charge in [0.1, 0.15) is 5.76 Å². The first-order valence-corrected chi connectivity index (χ1v) is 6.06. The first kappa shape index (κ1) is 11.9. The number of furan rings is 1. The van der Waals surface area contributed by atoms with Crippen molar-refractivity contribution < 1.29 is 4.42 Å². The van der Waals surface area contributed by atoms with Gasteiger partial charge in [-0.3, -0.25) is 4.68 Å². The van der Waals surface area contributed by atoms with Crippen LogP contribution in [0.3, 0.4) is 0 Å². The molecule has 0 unspecified atom stereocenters. The number of hydrogen-bond donors (Lipinski definition) is 1. The summed E-state index contributed by atoms with van der Waals surface area (Å²) in [5, 5.41) is 7.71. The van der Waals surface area contributed by atoms with Crippen LogP contribution in [0.1, 0.15) is 37.8 Å². The third-order valence-corrected chi connectivity index (χ3v) is 2.95. The minimum absolute atomic E-state index is 0.449. The van der Waals surface area contributed by atoms with Crippen LogP contribution in [-0.4, -0.2) is 9.78 Å². The lowest BCUT2D eigenvalue weighted by atomic mass is 10.2. The first-order chi connectivity index (χ1) is 8.31. The fourth-order valence-corrected chi connectivity index (χ4v) is 1.78. The van der Waals surface area contributed by atoms with Gasteiger partial charge in [0.2, 0.25) is 0 Å². The van der Waals surface area contributed by atoms with E-state index in [0.29, 0.717) is 6.04 Å². The summed E-state index contributed by atoms with van der Waals surface area (Å²) in [4.78, 5) is 0. The summed E-state index contributed by atoms with van der Waals surface area (Å²) in [7, 11) is 0. The second-order valence-corrected chi connectivity index (χ2v) is 4.21. The Kier molecular flexibility index (Phi) is 3.98. The zero-order valence-corrected chi connectivity index (χ0v) is 10.4. The molecule has 2 rings (SSSR count). The van der Waals surface area contributed by atoms with Gasteiger partial charge in [0.05, 0.1) is 18.5 Å². The second kappa shape index (κ2) is 5.68. The molecule has 92 valence electrons. The molecule has 1 N–H and O–H groups in total.